The van der Waals surface area contributed by atoms with Crippen molar-refractivity contribution in [3.05, 3.63) is 108 Å². The molecule has 3 aromatic carbocycles. The van der Waals surface area contributed by atoms with Gasteiger partial charge in [-0.1, -0.05) is 85.8 Å². The molecule has 40 heavy (non-hydrogen) atoms. The number of nitrogens with zero attached hydrogens (tertiary/aromatic N) is 1. The van der Waals surface area contributed by atoms with Crippen molar-refractivity contribution < 1.29 is 23.9 Å². The lowest BCUT2D eigenvalue weighted by Crippen LogP contribution is -2.57. The van der Waals surface area contributed by atoms with Gasteiger partial charge in [0.25, 0.3) is 0 Å². The van der Waals surface area contributed by atoms with Crippen molar-refractivity contribution in [2.45, 2.75) is 38.6 Å². The van der Waals surface area contributed by atoms with Crippen molar-refractivity contribution in [1.82, 2.24) is 9.88 Å². The van der Waals surface area contributed by atoms with Crippen LogP contribution in [-0.4, -0.2) is 40.4 Å². The minimum Gasteiger partial charge on any atom is -0.460 e. The number of hydrogen-bond donors (Lipinski definition) is 1. The Balaban J connectivity index is 1.33. The van der Waals surface area contributed by atoms with E-state index in [1.807, 2.05) is 97.9 Å². The van der Waals surface area contributed by atoms with E-state index in [0.717, 1.165) is 22.0 Å². The second-order valence-corrected chi connectivity index (χ2v) is 10.6. The van der Waals surface area contributed by atoms with Gasteiger partial charge < -0.3 is 19.4 Å². The lowest BCUT2D eigenvalue weighted by molar-refractivity contribution is -0.176. The minimum absolute atomic E-state index is 0.0336. The number of carbonyl (C=O) groups is 3. The van der Waals surface area contributed by atoms with E-state index in [1.54, 1.807) is 4.90 Å². The summed E-state index contributed by atoms with van der Waals surface area (Å²) < 4.78 is 12.0. The lowest BCUT2D eigenvalue weighted by atomic mass is 9.71. The van der Waals surface area contributed by atoms with Crippen LogP contribution in [0.2, 0.25) is 0 Å². The van der Waals surface area contributed by atoms with E-state index >= 15 is 0 Å². The first-order chi connectivity index (χ1) is 19.5. The van der Waals surface area contributed by atoms with Crippen molar-refractivity contribution >= 4 is 28.6 Å². The monoisotopic (exact) mass is 536 g/mol. The summed E-state index contributed by atoms with van der Waals surface area (Å²) in [7, 11) is 0. The molecule has 0 radical (unpaired) electrons. The summed E-state index contributed by atoms with van der Waals surface area (Å²) in [4.78, 5) is 46.5. The predicted molar refractivity (Wildman–Crippen MR) is 150 cm³/mol. The number of Topliss-reactive ketones (excluding diaryl/α,β-unsaturated/α-hetero) is 1. The van der Waals surface area contributed by atoms with Crippen LogP contribution in [-0.2, 0) is 25.7 Å². The van der Waals surface area contributed by atoms with Gasteiger partial charge in [0, 0.05) is 23.2 Å². The molecule has 1 amide bonds. The van der Waals surface area contributed by atoms with Gasteiger partial charge in [0.15, 0.2) is 5.78 Å². The largest absolute Gasteiger partial charge is 0.460 e. The number of amides is 1. The molecule has 2 saturated heterocycles. The quantitative estimate of drug-likeness (QED) is 0.178. The molecular weight excluding hydrogens is 504 g/mol. The molecule has 3 heterocycles. The number of ether oxygens (including phenoxy) is 2. The van der Waals surface area contributed by atoms with Crippen LogP contribution in [0.25, 0.3) is 10.9 Å². The van der Waals surface area contributed by atoms with Crippen LogP contribution in [0, 0.1) is 17.8 Å². The molecule has 2 aliphatic heterocycles. The fourth-order valence-electron chi connectivity index (χ4n) is 6.29. The van der Waals surface area contributed by atoms with Crippen LogP contribution in [0.15, 0.2) is 91.0 Å². The number of H-pyrrole nitrogens is 1. The first-order valence-electron chi connectivity index (χ1n) is 13.9. The standard InChI is InChI=1S/C33H32N2O5/c1-2-24-25(18-29(36)27-17-23-15-9-10-16-26(23)34-27)30(33(38)40-19-21-11-5-3-6-12-21)31(37)35-28(20-39-32(24)35)22-13-7-4-8-14-22/h3-17,24-25,28,30,32,34H,2,18-20H2,1H3/t24-,25-,28+,30?,32+/m1/s1. The number of aromatic nitrogens is 1. The Bertz CT molecular complexity index is 1480. The highest BCUT2D eigenvalue weighted by molar-refractivity contribution is 6.02. The molecule has 0 aliphatic carbocycles. The lowest BCUT2D eigenvalue weighted by Gasteiger charge is -2.45. The van der Waals surface area contributed by atoms with Gasteiger partial charge in [-0.2, -0.15) is 0 Å². The molecule has 1 unspecified atom stereocenters. The SMILES string of the molecule is CC[C@@H]1[C@@H](CC(=O)c2cc3ccccc3[nH]2)C(C(=O)OCc2ccccc2)C(=O)N2[C@H](c3ccccc3)CO[C@@H]12. The maximum Gasteiger partial charge on any atom is 0.319 e. The summed E-state index contributed by atoms with van der Waals surface area (Å²) in [6.45, 7) is 2.42. The van der Waals surface area contributed by atoms with E-state index in [1.165, 1.54) is 0 Å². The van der Waals surface area contributed by atoms with Gasteiger partial charge >= 0.3 is 5.97 Å². The number of rotatable bonds is 8. The minimum atomic E-state index is -1.11. The van der Waals surface area contributed by atoms with Gasteiger partial charge in [-0.05, 0) is 35.6 Å². The molecule has 2 aliphatic rings. The zero-order chi connectivity index (χ0) is 27.6. The molecule has 1 aromatic heterocycles. The Morgan fingerprint density at radius 2 is 1.65 bits per heavy atom. The molecule has 4 aromatic rings. The number of carbonyl (C=O) groups excluding carboxylic acids is 3. The predicted octanol–water partition coefficient (Wildman–Crippen LogP) is 5.68. The number of hydrogen-bond acceptors (Lipinski definition) is 5. The summed E-state index contributed by atoms with van der Waals surface area (Å²) >= 11 is 0. The van der Waals surface area contributed by atoms with E-state index in [0.29, 0.717) is 18.7 Å². The highest BCUT2D eigenvalue weighted by Crippen LogP contribution is 2.46. The van der Waals surface area contributed by atoms with Crippen LogP contribution in [0.5, 0.6) is 0 Å². The first kappa shape index (κ1) is 26.0. The molecule has 2 fully saturated rings. The van der Waals surface area contributed by atoms with Crippen LogP contribution in [0.3, 0.4) is 0 Å². The Hall–Kier alpha value is -4.23. The summed E-state index contributed by atoms with van der Waals surface area (Å²) in [6, 6.07) is 28.3. The highest BCUT2D eigenvalue weighted by Gasteiger charge is 2.56. The van der Waals surface area contributed by atoms with Crippen LogP contribution >= 0.6 is 0 Å². The number of aromatic amines is 1. The second kappa shape index (κ2) is 11.1. The van der Waals surface area contributed by atoms with Crippen molar-refractivity contribution in [1.29, 1.82) is 0 Å². The Morgan fingerprint density at radius 3 is 2.38 bits per heavy atom. The average molecular weight is 537 g/mol. The summed E-state index contributed by atoms with van der Waals surface area (Å²) in [5.74, 6) is -2.96. The zero-order valence-electron chi connectivity index (χ0n) is 22.4. The molecule has 0 spiro atoms. The van der Waals surface area contributed by atoms with Gasteiger partial charge in [0.1, 0.15) is 18.8 Å². The second-order valence-electron chi connectivity index (χ2n) is 10.6. The number of ketones is 1. The molecule has 204 valence electrons. The number of para-hydroxylation sites is 1. The van der Waals surface area contributed by atoms with Crippen LogP contribution in [0.4, 0.5) is 0 Å². The normalized spacial score (nSPS) is 24.2. The van der Waals surface area contributed by atoms with Crippen molar-refractivity contribution in [2.75, 3.05) is 6.61 Å². The Labute approximate surface area is 233 Å². The van der Waals surface area contributed by atoms with Crippen molar-refractivity contribution in [3.8, 4) is 0 Å². The zero-order valence-corrected chi connectivity index (χ0v) is 22.4. The molecule has 5 atom stereocenters. The third kappa shape index (κ3) is 4.82. The van der Waals surface area contributed by atoms with Gasteiger partial charge in [-0.3, -0.25) is 14.4 Å². The third-order valence-corrected chi connectivity index (χ3v) is 8.28. The van der Waals surface area contributed by atoms with Gasteiger partial charge in [0.2, 0.25) is 5.91 Å². The number of esters is 1. The molecule has 7 heteroatoms. The van der Waals surface area contributed by atoms with Crippen molar-refractivity contribution in [2.24, 2.45) is 17.8 Å². The maximum absolute atomic E-state index is 14.2. The first-order valence-corrected chi connectivity index (χ1v) is 13.9. The number of nitrogens with one attached hydrogen (secondary N) is 1. The smallest absolute Gasteiger partial charge is 0.319 e. The van der Waals surface area contributed by atoms with E-state index < -0.39 is 24.0 Å². The van der Waals surface area contributed by atoms with Crippen LogP contribution < -0.4 is 0 Å². The summed E-state index contributed by atoms with van der Waals surface area (Å²) in [5, 5.41) is 0.937. The number of fused-ring (bicyclic) bond motifs is 2. The topological polar surface area (TPSA) is 88.7 Å². The molecule has 0 bridgehead atoms. The molecule has 1 N–H and O–H groups in total. The van der Waals surface area contributed by atoms with E-state index in [4.69, 9.17) is 9.47 Å². The summed E-state index contributed by atoms with van der Waals surface area (Å²) in [6.07, 6.45) is 0.163. The molecule has 6 rings (SSSR count). The van der Waals surface area contributed by atoms with Gasteiger partial charge in [-0.15, -0.1) is 0 Å². The van der Waals surface area contributed by atoms with E-state index in [-0.39, 0.29) is 36.7 Å². The van der Waals surface area contributed by atoms with Gasteiger partial charge in [0.05, 0.1) is 18.3 Å². The number of benzene rings is 3. The number of piperidine rings is 1. The molecule has 7 nitrogen and oxygen atoms in total. The maximum atomic E-state index is 14.2. The average Bonchev–Trinajstić information content (AvgIpc) is 3.63. The highest BCUT2D eigenvalue weighted by atomic mass is 16.5. The third-order valence-electron chi connectivity index (χ3n) is 8.28. The van der Waals surface area contributed by atoms with Crippen molar-refractivity contribution in [3.63, 3.8) is 0 Å². The van der Waals surface area contributed by atoms with Crippen LogP contribution in [0.1, 0.15) is 47.4 Å². The molecular formula is C33H32N2O5. The summed E-state index contributed by atoms with van der Waals surface area (Å²) in [5.41, 5.74) is 3.13. The fraction of sp³-hybridized carbons (Fsp3) is 0.303. The van der Waals surface area contributed by atoms with Gasteiger partial charge in [-0.25, -0.2) is 0 Å². The fourth-order valence-corrected chi connectivity index (χ4v) is 6.29. The Kier molecular flexibility index (Phi) is 7.22. The Morgan fingerprint density at radius 1 is 0.950 bits per heavy atom. The molecule has 0 saturated carbocycles. The van der Waals surface area contributed by atoms with E-state index in [2.05, 4.69) is 4.98 Å². The van der Waals surface area contributed by atoms with E-state index in [9.17, 15) is 14.4 Å².